The van der Waals surface area contributed by atoms with Crippen LogP contribution in [0.25, 0.3) is 0 Å². The number of carbonyl (C=O) groups is 2. The van der Waals surface area contributed by atoms with Gasteiger partial charge in [-0.2, -0.15) is 0 Å². The predicted molar refractivity (Wildman–Crippen MR) is 84.5 cm³/mol. The second-order valence-corrected chi connectivity index (χ2v) is 6.46. The number of thioether (sulfide) groups is 1. The average molecular weight is 372 g/mol. The first-order valence-corrected chi connectivity index (χ1v) is 8.18. The molecule has 0 amide bonds. The molecule has 2 rings (SSSR count). The van der Waals surface area contributed by atoms with E-state index in [2.05, 4.69) is 20.9 Å². The summed E-state index contributed by atoms with van der Waals surface area (Å²) in [6.07, 6.45) is 1.75. The number of halogens is 1. The maximum absolute atomic E-state index is 12.1. The van der Waals surface area contributed by atoms with Gasteiger partial charge in [0.05, 0.1) is 10.7 Å². The summed E-state index contributed by atoms with van der Waals surface area (Å²) in [6.45, 7) is 3.03. The van der Waals surface area contributed by atoms with Crippen LogP contribution in [0.1, 0.15) is 13.8 Å². The minimum atomic E-state index is -1.23. The van der Waals surface area contributed by atoms with Crippen molar-refractivity contribution in [2.75, 3.05) is 6.26 Å². The molecule has 0 saturated carbocycles. The molecule has 0 aliphatic carbocycles. The zero-order chi connectivity index (χ0) is 15.6. The molecule has 1 heterocycles. The van der Waals surface area contributed by atoms with Crippen molar-refractivity contribution in [3.8, 4) is 0 Å². The van der Waals surface area contributed by atoms with E-state index in [0.717, 1.165) is 4.47 Å². The van der Waals surface area contributed by atoms with Gasteiger partial charge < -0.3 is 9.47 Å². The van der Waals surface area contributed by atoms with E-state index in [1.165, 1.54) is 25.6 Å². The number of para-hydroxylation sites is 1. The van der Waals surface area contributed by atoms with Gasteiger partial charge in [-0.3, -0.25) is 9.59 Å². The van der Waals surface area contributed by atoms with E-state index >= 15 is 0 Å². The van der Waals surface area contributed by atoms with Gasteiger partial charge in [-0.15, -0.1) is 11.8 Å². The first-order chi connectivity index (χ1) is 9.84. The van der Waals surface area contributed by atoms with Crippen molar-refractivity contribution in [3.05, 3.63) is 28.7 Å². The highest BCUT2D eigenvalue weighted by Crippen LogP contribution is 2.30. The summed E-state index contributed by atoms with van der Waals surface area (Å²) < 4.78 is 11.0. The number of rotatable bonds is 2. The highest BCUT2D eigenvalue weighted by molar-refractivity contribution is 9.10. The van der Waals surface area contributed by atoms with Gasteiger partial charge >= 0.3 is 11.9 Å². The van der Waals surface area contributed by atoms with Crippen molar-refractivity contribution < 1.29 is 19.1 Å². The van der Waals surface area contributed by atoms with Crippen molar-refractivity contribution in [1.29, 1.82) is 0 Å². The highest BCUT2D eigenvalue weighted by Gasteiger charge is 2.45. The summed E-state index contributed by atoms with van der Waals surface area (Å²) in [4.78, 5) is 28.5. The molecule has 5 nitrogen and oxygen atoms in total. The van der Waals surface area contributed by atoms with E-state index in [1.54, 1.807) is 12.3 Å². The van der Waals surface area contributed by atoms with Crippen LogP contribution in [0.3, 0.4) is 0 Å². The van der Waals surface area contributed by atoms with Crippen LogP contribution in [-0.2, 0) is 19.1 Å². The molecule has 1 aromatic carbocycles. The quantitative estimate of drug-likeness (QED) is 0.345. The van der Waals surface area contributed by atoms with Crippen molar-refractivity contribution in [2.24, 2.45) is 10.9 Å². The van der Waals surface area contributed by atoms with E-state index in [1.807, 2.05) is 18.2 Å². The van der Waals surface area contributed by atoms with Gasteiger partial charge in [0.1, 0.15) is 0 Å². The van der Waals surface area contributed by atoms with Gasteiger partial charge in [0.2, 0.25) is 5.92 Å². The number of aliphatic imine (C=N–C) groups is 1. The first kappa shape index (κ1) is 16.0. The molecule has 1 aliphatic rings. The summed E-state index contributed by atoms with van der Waals surface area (Å²) in [7, 11) is 0. The normalized spacial score (nSPS) is 19.1. The molecule has 1 saturated heterocycles. The van der Waals surface area contributed by atoms with Crippen molar-refractivity contribution in [2.45, 2.75) is 19.6 Å². The Balaban J connectivity index is 2.36. The van der Waals surface area contributed by atoms with Crippen LogP contribution in [-0.4, -0.2) is 29.0 Å². The Morgan fingerprint density at radius 2 is 1.81 bits per heavy atom. The van der Waals surface area contributed by atoms with Crippen LogP contribution in [0.4, 0.5) is 5.69 Å². The zero-order valence-electron chi connectivity index (χ0n) is 11.8. The number of hydrogen-bond acceptors (Lipinski definition) is 6. The molecule has 0 radical (unpaired) electrons. The van der Waals surface area contributed by atoms with Gasteiger partial charge in [-0.05, 0) is 34.3 Å². The minimum absolute atomic E-state index is 0.340. The Hall–Kier alpha value is -1.34. The smallest absolute Gasteiger partial charge is 0.330 e. The first-order valence-electron chi connectivity index (χ1n) is 6.17. The van der Waals surface area contributed by atoms with Crippen LogP contribution in [0.5, 0.6) is 0 Å². The Morgan fingerprint density at radius 3 is 2.33 bits per heavy atom. The van der Waals surface area contributed by atoms with Crippen molar-refractivity contribution in [1.82, 2.24) is 0 Å². The number of hydrogen-bond donors (Lipinski definition) is 0. The lowest BCUT2D eigenvalue weighted by atomic mass is 10.1. The standard InChI is InChI=1S/C14H14BrNO4S/c1-14(2)19-12(17)10(13(18)20-14)11(21-3)16-9-7-5-4-6-8(9)15/h4-7,10H,1-3H3. The molecular weight excluding hydrogens is 358 g/mol. The number of cyclic esters (lactones) is 2. The molecule has 1 fully saturated rings. The molecular formula is C14H14BrNO4S. The fourth-order valence-corrected chi connectivity index (χ4v) is 2.80. The largest absolute Gasteiger partial charge is 0.422 e. The lowest BCUT2D eigenvalue weighted by molar-refractivity contribution is -0.235. The summed E-state index contributed by atoms with van der Waals surface area (Å²) in [5, 5.41) is 0.340. The van der Waals surface area contributed by atoms with E-state index in [-0.39, 0.29) is 0 Å². The molecule has 0 N–H and O–H groups in total. The van der Waals surface area contributed by atoms with E-state index < -0.39 is 23.6 Å². The maximum atomic E-state index is 12.1. The Bertz CT molecular complexity index is 595. The molecule has 112 valence electrons. The second-order valence-electron chi connectivity index (χ2n) is 4.78. The molecule has 0 spiro atoms. The summed E-state index contributed by atoms with van der Waals surface area (Å²) >= 11 is 4.59. The average Bonchev–Trinajstić information content (AvgIpc) is 2.37. The monoisotopic (exact) mass is 371 g/mol. The third-order valence-corrected chi connectivity index (χ3v) is 4.12. The van der Waals surface area contributed by atoms with Crippen molar-refractivity contribution in [3.63, 3.8) is 0 Å². The number of benzene rings is 1. The van der Waals surface area contributed by atoms with Gasteiger partial charge in [0.15, 0.2) is 0 Å². The molecule has 1 aliphatic heterocycles. The Labute approximate surface area is 135 Å². The van der Waals surface area contributed by atoms with Crippen LogP contribution < -0.4 is 0 Å². The molecule has 0 bridgehead atoms. The lowest BCUT2D eigenvalue weighted by Crippen LogP contribution is -2.48. The minimum Gasteiger partial charge on any atom is -0.422 e. The van der Waals surface area contributed by atoms with Crippen LogP contribution >= 0.6 is 27.7 Å². The van der Waals surface area contributed by atoms with Gasteiger partial charge in [-0.25, -0.2) is 4.99 Å². The fourth-order valence-electron chi connectivity index (χ4n) is 1.81. The van der Waals surface area contributed by atoms with E-state index in [0.29, 0.717) is 10.7 Å². The second kappa shape index (κ2) is 6.19. The van der Waals surface area contributed by atoms with Crippen molar-refractivity contribution >= 4 is 50.4 Å². The van der Waals surface area contributed by atoms with Gasteiger partial charge in [-0.1, -0.05) is 12.1 Å². The summed E-state index contributed by atoms with van der Waals surface area (Å²) in [5.41, 5.74) is 0.632. The molecule has 0 atom stereocenters. The molecule has 0 aromatic heterocycles. The molecule has 1 aromatic rings. The van der Waals surface area contributed by atoms with Crippen LogP contribution in [0.2, 0.25) is 0 Å². The predicted octanol–water partition coefficient (Wildman–Crippen LogP) is 3.29. The molecule has 0 unspecified atom stereocenters. The van der Waals surface area contributed by atoms with Gasteiger partial charge in [0, 0.05) is 18.3 Å². The maximum Gasteiger partial charge on any atom is 0.330 e. The molecule has 7 heteroatoms. The number of carbonyl (C=O) groups excluding carboxylic acids is 2. The number of nitrogens with zero attached hydrogens (tertiary/aromatic N) is 1. The Kier molecular flexibility index (Phi) is 4.73. The topological polar surface area (TPSA) is 65.0 Å². The third-order valence-electron chi connectivity index (χ3n) is 2.70. The highest BCUT2D eigenvalue weighted by atomic mass is 79.9. The van der Waals surface area contributed by atoms with E-state index in [9.17, 15) is 9.59 Å². The zero-order valence-corrected chi connectivity index (χ0v) is 14.2. The number of ether oxygens (including phenoxy) is 2. The third kappa shape index (κ3) is 3.65. The Morgan fingerprint density at radius 1 is 1.24 bits per heavy atom. The van der Waals surface area contributed by atoms with Crippen LogP contribution in [0.15, 0.2) is 33.7 Å². The SMILES string of the molecule is CSC(=Nc1ccccc1Br)C1C(=O)OC(C)(C)OC1=O. The summed E-state index contributed by atoms with van der Waals surface area (Å²) in [5.74, 6) is -3.66. The molecule has 21 heavy (non-hydrogen) atoms. The van der Waals surface area contributed by atoms with Crippen LogP contribution in [0, 0.1) is 5.92 Å². The van der Waals surface area contributed by atoms with E-state index in [4.69, 9.17) is 9.47 Å². The lowest BCUT2D eigenvalue weighted by Gasteiger charge is -2.32. The van der Waals surface area contributed by atoms with Gasteiger partial charge in [0.25, 0.3) is 5.79 Å². The number of esters is 2. The fraction of sp³-hybridized carbons (Fsp3) is 0.357. The summed E-state index contributed by atoms with van der Waals surface area (Å²) in [6, 6.07) is 7.29.